The topological polar surface area (TPSA) is 93.3 Å². The largest absolute Gasteiger partial charge is 0.486 e. The van der Waals surface area contributed by atoms with Crippen molar-refractivity contribution in [2.24, 2.45) is 0 Å². The average molecular weight is 472 g/mol. The molecule has 1 amide bonds. The van der Waals surface area contributed by atoms with Gasteiger partial charge < -0.3 is 19.8 Å². The number of hydrogen-bond donors (Lipinski definition) is 2. The van der Waals surface area contributed by atoms with Gasteiger partial charge in [-0.15, -0.1) is 23.1 Å². The first-order valence-corrected chi connectivity index (χ1v) is 12.8. The van der Waals surface area contributed by atoms with Crippen molar-refractivity contribution >= 4 is 39.2 Å². The Balaban J connectivity index is 1.19. The van der Waals surface area contributed by atoms with E-state index in [4.69, 9.17) is 14.5 Å². The Hall–Kier alpha value is -2.52. The summed E-state index contributed by atoms with van der Waals surface area (Å²) < 4.78 is 11.1. The van der Waals surface area contributed by atoms with Crippen molar-refractivity contribution in [2.45, 2.75) is 50.2 Å². The van der Waals surface area contributed by atoms with Gasteiger partial charge in [0.15, 0.2) is 11.5 Å². The van der Waals surface area contributed by atoms with Crippen molar-refractivity contribution in [1.82, 2.24) is 15.3 Å². The van der Waals surface area contributed by atoms with E-state index < -0.39 is 0 Å². The Kier molecular flexibility index (Phi) is 6.10. The van der Waals surface area contributed by atoms with Crippen LogP contribution in [0.25, 0.3) is 10.2 Å². The van der Waals surface area contributed by atoms with Crippen LogP contribution in [0.5, 0.6) is 11.5 Å². The number of aromatic nitrogens is 2. The van der Waals surface area contributed by atoms with Crippen LogP contribution in [-0.2, 0) is 29.9 Å². The van der Waals surface area contributed by atoms with Crippen molar-refractivity contribution in [3.05, 3.63) is 50.4 Å². The summed E-state index contributed by atoms with van der Waals surface area (Å²) in [5.74, 6) is 2.50. The van der Waals surface area contributed by atoms with Crippen molar-refractivity contribution < 1.29 is 14.3 Å². The maximum absolute atomic E-state index is 12.7. The van der Waals surface area contributed by atoms with Gasteiger partial charge in [-0.05, 0) is 55.9 Å². The number of thiophene rings is 1. The Morgan fingerprint density at radius 3 is 2.94 bits per heavy atom. The SMILES string of the molecule is C[C@H](SCc1nc2sc3c(c2c(=O)[nH]1)CCCC3)C(=O)NCc1ccc2c(c1)OCCO2. The van der Waals surface area contributed by atoms with Crippen molar-refractivity contribution in [2.75, 3.05) is 13.2 Å². The van der Waals surface area contributed by atoms with E-state index in [9.17, 15) is 9.59 Å². The van der Waals surface area contributed by atoms with Gasteiger partial charge in [-0.2, -0.15) is 0 Å². The second kappa shape index (κ2) is 9.15. The molecule has 1 aliphatic carbocycles. The Morgan fingerprint density at radius 2 is 2.06 bits per heavy atom. The molecule has 1 aromatic carbocycles. The standard InChI is InChI=1S/C23H25N3O4S2/c1-13(21(27)24-11-14-6-7-16-17(10-14)30-9-8-29-16)31-12-19-25-22(28)20-15-4-2-3-5-18(15)32-23(20)26-19/h6-7,10,13H,2-5,8-9,11-12H2,1H3,(H,24,27)(H,25,26,28)/t13-/m0/s1. The minimum atomic E-state index is -0.273. The molecule has 2 aromatic heterocycles. The van der Waals surface area contributed by atoms with Crippen LogP contribution >= 0.6 is 23.1 Å². The van der Waals surface area contributed by atoms with Crippen LogP contribution in [0.4, 0.5) is 0 Å². The molecule has 0 saturated carbocycles. The fraction of sp³-hybridized carbons (Fsp3) is 0.435. The molecule has 3 aromatic rings. The first-order chi connectivity index (χ1) is 15.6. The number of nitrogens with one attached hydrogen (secondary N) is 2. The van der Waals surface area contributed by atoms with Gasteiger partial charge in [-0.25, -0.2) is 4.98 Å². The highest BCUT2D eigenvalue weighted by molar-refractivity contribution is 7.99. The third-order valence-corrected chi connectivity index (χ3v) is 8.13. The Bertz CT molecular complexity index is 1220. The van der Waals surface area contributed by atoms with Crippen LogP contribution in [0.1, 0.15) is 41.6 Å². The van der Waals surface area contributed by atoms with E-state index in [0.29, 0.717) is 37.1 Å². The van der Waals surface area contributed by atoms with Crippen molar-refractivity contribution in [3.63, 3.8) is 0 Å². The predicted octanol–water partition coefficient (Wildman–Crippen LogP) is 3.57. The summed E-state index contributed by atoms with van der Waals surface area (Å²) in [7, 11) is 0. The molecule has 0 fully saturated rings. The fourth-order valence-corrected chi connectivity index (χ4v) is 6.15. The van der Waals surface area contributed by atoms with Gasteiger partial charge in [0.25, 0.3) is 5.56 Å². The van der Waals surface area contributed by atoms with Gasteiger partial charge in [0, 0.05) is 11.4 Å². The molecule has 1 atom stereocenters. The lowest BCUT2D eigenvalue weighted by atomic mass is 9.97. The summed E-state index contributed by atoms with van der Waals surface area (Å²) in [6.07, 6.45) is 4.32. The number of thioether (sulfide) groups is 1. The van der Waals surface area contributed by atoms with Gasteiger partial charge in [0.1, 0.15) is 23.9 Å². The molecule has 5 rings (SSSR count). The lowest BCUT2D eigenvalue weighted by molar-refractivity contribution is -0.120. The maximum Gasteiger partial charge on any atom is 0.259 e. The van der Waals surface area contributed by atoms with Crippen LogP contribution in [0.15, 0.2) is 23.0 Å². The molecule has 0 saturated heterocycles. The lowest BCUT2D eigenvalue weighted by Gasteiger charge is -2.19. The molecular weight excluding hydrogens is 446 g/mol. The predicted molar refractivity (Wildman–Crippen MR) is 127 cm³/mol. The first-order valence-electron chi connectivity index (χ1n) is 10.9. The number of fused-ring (bicyclic) bond motifs is 4. The molecule has 2 N–H and O–H groups in total. The van der Waals surface area contributed by atoms with Crippen LogP contribution < -0.4 is 20.3 Å². The molecule has 32 heavy (non-hydrogen) atoms. The molecule has 3 heterocycles. The van der Waals surface area contributed by atoms with E-state index in [1.54, 1.807) is 11.3 Å². The molecule has 0 radical (unpaired) electrons. The molecule has 9 heteroatoms. The highest BCUT2D eigenvalue weighted by atomic mass is 32.2. The zero-order valence-corrected chi connectivity index (χ0v) is 19.5. The third kappa shape index (κ3) is 4.36. The summed E-state index contributed by atoms with van der Waals surface area (Å²) in [4.78, 5) is 35.0. The van der Waals surface area contributed by atoms with E-state index in [0.717, 1.165) is 40.8 Å². The van der Waals surface area contributed by atoms with Crippen LogP contribution in [0.2, 0.25) is 0 Å². The average Bonchev–Trinajstić information content (AvgIpc) is 3.19. The number of nitrogens with zero attached hydrogens (tertiary/aromatic N) is 1. The summed E-state index contributed by atoms with van der Waals surface area (Å²) in [5.41, 5.74) is 2.09. The maximum atomic E-state index is 12.7. The van der Waals surface area contributed by atoms with Gasteiger partial charge in [0.05, 0.1) is 16.4 Å². The zero-order valence-electron chi connectivity index (χ0n) is 17.9. The third-order valence-electron chi connectivity index (χ3n) is 5.79. The summed E-state index contributed by atoms with van der Waals surface area (Å²) in [5, 5.41) is 3.46. The minimum Gasteiger partial charge on any atom is -0.486 e. The number of rotatable bonds is 6. The number of ether oxygens (including phenoxy) is 2. The Morgan fingerprint density at radius 1 is 1.25 bits per heavy atom. The molecular formula is C23H25N3O4S2. The summed E-state index contributed by atoms with van der Waals surface area (Å²) in [6, 6.07) is 5.70. The number of amides is 1. The molecule has 1 aliphatic heterocycles. The molecule has 0 spiro atoms. The quantitative estimate of drug-likeness (QED) is 0.571. The summed E-state index contributed by atoms with van der Waals surface area (Å²) >= 11 is 3.11. The smallest absolute Gasteiger partial charge is 0.259 e. The monoisotopic (exact) mass is 471 g/mol. The number of hydrogen-bond acceptors (Lipinski definition) is 7. The molecule has 0 bridgehead atoms. The van der Waals surface area contributed by atoms with Gasteiger partial charge in [-0.1, -0.05) is 6.07 Å². The van der Waals surface area contributed by atoms with Crippen LogP contribution in [-0.4, -0.2) is 34.3 Å². The van der Waals surface area contributed by atoms with Crippen LogP contribution in [0.3, 0.4) is 0 Å². The van der Waals surface area contributed by atoms with E-state index in [1.165, 1.54) is 28.6 Å². The first kappa shape index (κ1) is 21.3. The van der Waals surface area contributed by atoms with Crippen LogP contribution in [0, 0.1) is 0 Å². The number of aromatic amines is 1. The number of aryl methyl sites for hydroxylation is 2. The zero-order chi connectivity index (χ0) is 22.1. The Labute approximate surface area is 193 Å². The number of benzene rings is 1. The van der Waals surface area contributed by atoms with E-state index in [1.807, 2.05) is 25.1 Å². The molecule has 2 aliphatic rings. The van der Waals surface area contributed by atoms with Crippen molar-refractivity contribution in [3.8, 4) is 11.5 Å². The highest BCUT2D eigenvalue weighted by Gasteiger charge is 2.21. The molecule has 168 valence electrons. The molecule has 7 nitrogen and oxygen atoms in total. The minimum absolute atomic E-state index is 0.0549. The van der Waals surface area contributed by atoms with Gasteiger partial charge in [-0.3, -0.25) is 9.59 Å². The lowest BCUT2D eigenvalue weighted by Crippen LogP contribution is -2.30. The van der Waals surface area contributed by atoms with Gasteiger partial charge >= 0.3 is 0 Å². The molecule has 0 unspecified atom stereocenters. The van der Waals surface area contributed by atoms with E-state index >= 15 is 0 Å². The van der Waals surface area contributed by atoms with Crippen molar-refractivity contribution in [1.29, 1.82) is 0 Å². The number of carbonyl (C=O) groups excluding carboxylic acids is 1. The van der Waals surface area contributed by atoms with Gasteiger partial charge in [0.2, 0.25) is 5.91 Å². The second-order valence-electron chi connectivity index (χ2n) is 8.05. The normalized spacial score (nSPS) is 15.9. The number of H-pyrrole nitrogens is 1. The second-order valence-corrected chi connectivity index (χ2v) is 10.5. The van der Waals surface area contributed by atoms with E-state index in [2.05, 4.69) is 10.3 Å². The summed E-state index contributed by atoms with van der Waals surface area (Å²) in [6.45, 7) is 3.37. The number of carbonyl (C=O) groups is 1. The highest BCUT2D eigenvalue weighted by Crippen LogP contribution is 2.34. The fourth-order valence-electron chi connectivity index (χ4n) is 4.09. The van der Waals surface area contributed by atoms with E-state index in [-0.39, 0.29) is 16.7 Å².